The average molecular weight is 266 g/mol. The van der Waals surface area contributed by atoms with Crippen LogP contribution in [0.5, 0.6) is 0 Å². The molecule has 1 unspecified atom stereocenters. The zero-order chi connectivity index (χ0) is 14.0. The number of anilines is 2. The molecule has 0 amide bonds. The fourth-order valence-electron chi connectivity index (χ4n) is 2.17. The van der Waals surface area contributed by atoms with Crippen molar-refractivity contribution in [3.8, 4) is 0 Å². The van der Waals surface area contributed by atoms with Gasteiger partial charge < -0.3 is 15.7 Å². The van der Waals surface area contributed by atoms with Crippen LogP contribution in [0.4, 0.5) is 17.3 Å². The third-order valence-electron chi connectivity index (χ3n) is 3.18. The first-order valence-corrected chi connectivity index (χ1v) is 5.87. The van der Waals surface area contributed by atoms with Gasteiger partial charge >= 0.3 is 11.7 Å². The maximum Gasteiger partial charge on any atom is 0.311 e. The van der Waals surface area contributed by atoms with E-state index in [2.05, 4.69) is 4.98 Å². The van der Waals surface area contributed by atoms with Crippen molar-refractivity contribution in [2.24, 2.45) is 5.92 Å². The van der Waals surface area contributed by atoms with Gasteiger partial charge in [0, 0.05) is 19.2 Å². The minimum atomic E-state index is -0.834. The van der Waals surface area contributed by atoms with Crippen LogP contribution in [0.15, 0.2) is 12.1 Å². The normalized spacial score (nSPS) is 19.2. The van der Waals surface area contributed by atoms with E-state index < -0.39 is 16.8 Å². The molecule has 1 fully saturated rings. The topological polar surface area (TPSA) is 123 Å². The Labute approximate surface area is 109 Å². The lowest BCUT2D eigenvalue weighted by Gasteiger charge is -2.31. The Bertz CT molecular complexity index is 519. The fourth-order valence-corrected chi connectivity index (χ4v) is 2.17. The summed E-state index contributed by atoms with van der Waals surface area (Å²) in [6.07, 6.45) is 1.38. The lowest BCUT2D eigenvalue weighted by molar-refractivity contribution is -0.384. The highest BCUT2D eigenvalue weighted by Gasteiger charge is 2.26. The molecule has 3 N–H and O–H groups in total. The molecule has 1 aromatic rings. The van der Waals surface area contributed by atoms with Crippen LogP contribution in [-0.4, -0.2) is 34.1 Å². The molecule has 19 heavy (non-hydrogen) atoms. The Balaban J connectivity index is 2.20. The summed E-state index contributed by atoms with van der Waals surface area (Å²) in [5.74, 6) is -0.944. The molecule has 102 valence electrons. The zero-order valence-corrected chi connectivity index (χ0v) is 10.2. The maximum atomic E-state index is 11.0. The molecule has 1 atom stereocenters. The lowest BCUT2D eigenvalue weighted by Crippen LogP contribution is -2.39. The van der Waals surface area contributed by atoms with Gasteiger partial charge in [-0.1, -0.05) is 0 Å². The molecule has 0 spiro atoms. The van der Waals surface area contributed by atoms with Gasteiger partial charge in [-0.3, -0.25) is 14.9 Å². The van der Waals surface area contributed by atoms with E-state index in [9.17, 15) is 14.9 Å². The van der Waals surface area contributed by atoms with Crippen LogP contribution < -0.4 is 10.6 Å². The van der Waals surface area contributed by atoms with Gasteiger partial charge in [0.2, 0.25) is 5.82 Å². The summed E-state index contributed by atoms with van der Waals surface area (Å²) in [6, 6.07) is 2.79. The van der Waals surface area contributed by atoms with Crippen LogP contribution >= 0.6 is 0 Å². The Morgan fingerprint density at radius 1 is 1.58 bits per heavy atom. The standard InChI is InChI=1S/C11H14N4O4/c12-10-8(15(18)19)3-4-9(13-10)14-5-1-2-7(6-14)11(16)17/h3-4,7H,1-2,5-6H2,(H2,12,13)(H,16,17). The van der Waals surface area contributed by atoms with Gasteiger partial charge in [0.1, 0.15) is 5.82 Å². The molecule has 1 aliphatic heterocycles. The van der Waals surface area contributed by atoms with E-state index in [4.69, 9.17) is 10.8 Å². The first kappa shape index (κ1) is 13.1. The molecule has 8 nitrogen and oxygen atoms in total. The van der Waals surface area contributed by atoms with Crippen molar-refractivity contribution in [2.45, 2.75) is 12.8 Å². The zero-order valence-electron chi connectivity index (χ0n) is 10.2. The van der Waals surface area contributed by atoms with Crippen LogP contribution in [0.2, 0.25) is 0 Å². The fraction of sp³-hybridized carbons (Fsp3) is 0.455. The minimum absolute atomic E-state index is 0.153. The number of aromatic nitrogens is 1. The highest BCUT2D eigenvalue weighted by Crippen LogP contribution is 2.26. The van der Waals surface area contributed by atoms with E-state index in [0.717, 1.165) is 6.42 Å². The van der Waals surface area contributed by atoms with Crippen LogP contribution in [0.3, 0.4) is 0 Å². The Hall–Kier alpha value is -2.38. The van der Waals surface area contributed by atoms with E-state index in [0.29, 0.717) is 25.3 Å². The molecule has 1 aliphatic rings. The Kier molecular flexibility index (Phi) is 3.50. The second-order valence-electron chi connectivity index (χ2n) is 4.45. The van der Waals surface area contributed by atoms with Gasteiger partial charge in [0.25, 0.3) is 0 Å². The second kappa shape index (κ2) is 5.09. The number of nitrogen functional groups attached to an aromatic ring is 1. The van der Waals surface area contributed by atoms with E-state index in [1.54, 1.807) is 4.90 Å². The quantitative estimate of drug-likeness (QED) is 0.614. The highest BCUT2D eigenvalue weighted by atomic mass is 16.6. The SMILES string of the molecule is Nc1nc(N2CCCC(C(=O)O)C2)ccc1[N+](=O)[O-]. The number of nitro groups is 1. The molecule has 1 saturated heterocycles. The van der Waals surface area contributed by atoms with Crippen molar-refractivity contribution in [1.82, 2.24) is 4.98 Å². The summed E-state index contributed by atoms with van der Waals surface area (Å²) in [4.78, 5) is 26.8. The summed E-state index contributed by atoms with van der Waals surface area (Å²) < 4.78 is 0. The summed E-state index contributed by atoms with van der Waals surface area (Å²) >= 11 is 0. The number of carboxylic acids is 1. The molecule has 1 aromatic heterocycles. The number of carbonyl (C=O) groups is 1. The second-order valence-corrected chi connectivity index (χ2v) is 4.45. The minimum Gasteiger partial charge on any atom is -0.481 e. The van der Waals surface area contributed by atoms with Crippen LogP contribution in [0, 0.1) is 16.0 Å². The van der Waals surface area contributed by atoms with Crippen LogP contribution in [0.1, 0.15) is 12.8 Å². The van der Waals surface area contributed by atoms with Crippen molar-refractivity contribution in [1.29, 1.82) is 0 Å². The van der Waals surface area contributed by atoms with Gasteiger partial charge in [0.15, 0.2) is 0 Å². The number of pyridine rings is 1. The summed E-state index contributed by atoms with van der Waals surface area (Å²) in [6.45, 7) is 1.02. The summed E-state index contributed by atoms with van der Waals surface area (Å²) in [7, 11) is 0. The third-order valence-corrected chi connectivity index (χ3v) is 3.18. The van der Waals surface area contributed by atoms with E-state index in [-0.39, 0.29) is 11.5 Å². The van der Waals surface area contributed by atoms with Gasteiger partial charge in [0.05, 0.1) is 10.8 Å². The number of aliphatic carboxylic acids is 1. The largest absolute Gasteiger partial charge is 0.481 e. The molecule has 2 rings (SSSR count). The molecule has 0 radical (unpaired) electrons. The van der Waals surface area contributed by atoms with Crippen LogP contribution in [-0.2, 0) is 4.79 Å². The lowest BCUT2D eigenvalue weighted by atomic mass is 9.98. The van der Waals surface area contributed by atoms with Gasteiger partial charge in [-0.15, -0.1) is 0 Å². The van der Waals surface area contributed by atoms with Gasteiger partial charge in [-0.2, -0.15) is 0 Å². The average Bonchev–Trinajstić information content (AvgIpc) is 2.38. The molecule has 0 bridgehead atoms. The molecule has 0 saturated carbocycles. The number of piperidine rings is 1. The molecule has 2 heterocycles. The van der Waals surface area contributed by atoms with Crippen LogP contribution in [0.25, 0.3) is 0 Å². The number of rotatable bonds is 3. The number of hydrogen-bond acceptors (Lipinski definition) is 6. The molecule has 0 aliphatic carbocycles. The van der Waals surface area contributed by atoms with E-state index in [1.165, 1.54) is 12.1 Å². The number of carboxylic acid groups (broad SMARTS) is 1. The number of hydrogen-bond donors (Lipinski definition) is 2. The first-order chi connectivity index (χ1) is 8.99. The molecular weight excluding hydrogens is 252 g/mol. The molecular formula is C11H14N4O4. The Morgan fingerprint density at radius 2 is 2.32 bits per heavy atom. The van der Waals surface area contributed by atoms with Crippen molar-refractivity contribution in [3.63, 3.8) is 0 Å². The first-order valence-electron chi connectivity index (χ1n) is 5.87. The Morgan fingerprint density at radius 3 is 2.89 bits per heavy atom. The van der Waals surface area contributed by atoms with Crippen molar-refractivity contribution < 1.29 is 14.8 Å². The monoisotopic (exact) mass is 266 g/mol. The summed E-state index contributed by atoms with van der Waals surface area (Å²) in [5.41, 5.74) is 5.29. The number of nitrogens with two attached hydrogens (primary N) is 1. The van der Waals surface area contributed by atoms with Crippen molar-refractivity contribution in [2.75, 3.05) is 23.7 Å². The van der Waals surface area contributed by atoms with E-state index >= 15 is 0 Å². The predicted molar refractivity (Wildman–Crippen MR) is 67.9 cm³/mol. The molecule has 8 heteroatoms. The summed E-state index contributed by atoms with van der Waals surface area (Å²) in [5, 5.41) is 19.7. The van der Waals surface area contributed by atoms with E-state index in [1.807, 2.05) is 0 Å². The van der Waals surface area contributed by atoms with Crippen molar-refractivity contribution in [3.05, 3.63) is 22.2 Å². The van der Waals surface area contributed by atoms with Gasteiger partial charge in [-0.25, -0.2) is 4.98 Å². The van der Waals surface area contributed by atoms with Crippen molar-refractivity contribution >= 4 is 23.3 Å². The maximum absolute atomic E-state index is 11.0. The highest BCUT2D eigenvalue weighted by molar-refractivity contribution is 5.71. The number of nitrogens with zero attached hydrogens (tertiary/aromatic N) is 3. The van der Waals surface area contributed by atoms with Gasteiger partial charge in [-0.05, 0) is 18.9 Å². The smallest absolute Gasteiger partial charge is 0.311 e. The third kappa shape index (κ3) is 2.72. The predicted octanol–water partition coefficient (Wildman–Crippen LogP) is 0.873. The molecule has 0 aromatic carbocycles.